The Morgan fingerprint density at radius 2 is 2.22 bits per heavy atom. The van der Waals surface area contributed by atoms with Crippen molar-refractivity contribution in [2.45, 2.75) is 32.9 Å². The molecule has 4 nitrogen and oxygen atoms in total. The van der Waals surface area contributed by atoms with Crippen molar-refractivity contribution in [3.8, 4) is 11.4 Å². The van der Waals surface area contributed by atoms with Gasteiger partial charge in [-0.15, -0.1) is 0 Å². The molecule has 0 radical (unpaired) electrons. The van der Waals surface area contributed by atoms with Gasteiger partial charge in [0.05, 0.1) is 12.6 Å². The lowest BCUT2D eigenvalue weighted by Gasteiger charge is -2.11. The van der Waals surface area contributed by atoms with Gasteiger partial charge in [-0.3, -0.25) is 0 Å². The molecule has 0 spiro atoms. The van der Waals surface area contributed by atoms with E-state index in [1.54, 1.807) is 10.7 Å². The van der Waals surface area contributed by atoms with Gasteiger partial charge in [0.25, 0.3) is 0 Å². The summed E-state index contributed by atoms with van der Waals surface area (Å²) < 4.78 is 14.9. The number of nitrogens with zero attached hydrogens (tertiary/aromatic N) is 3. The Labute approximate surface area is 105 Å². The maximum absolute atomic E-state index is 13.3. The highest BCUT2D eigenvalue weighted by atomic mass is 19.1. The highest BCUT2D eigenvalue weighted by Gasteiger charge is 2.13. The third-order valence-corrected chi connectivity index (χ3v) is 2.91. The molecule has 0 saturated carbocycles. The molecule has 1 unspecified atom stereocenters. The standard InChI is InChI=1S/C13H16FN3O/c1-3-11(18)7-17-13(15-8-16-17)12-6-10(14)5-4-9(12)2/h4-6,8,11,18H,3,7H2,1-2H3. The van der Waals surface area contributed by atoms with Gasteiger partial charge in [-0.25, -0.2) is 14.1 Å². The lowest BCUT2D eigenvalue weighted by molar-refractivity contribution is 0.146. The second-order valence-electron chi connectivity index (χ2n) is 4.29. The summed E-state index contributed by atoms with van der Waals surface area (Å²) >= 11 is 0. The van der Waals surface area contributed by atoms with Crippen molar-refractivity contribution < 1.29 is 9.50 Å². The van der Waals surface area contributed by atoms with Gasteiger partial charge in [0.1, 0.15) is 12.1 Å². The molecule has 0 aliphatic rings. The molecule has 1 aromatic carbocycles. The van der Waals surface area contributed by atoms with Crippen LogP contribution in [0.2, 0.25) is 0 Å². The molecule has 0 aliphatic heterocycles. The van der Waals surface area contributed by atoms with Crippen molar-refractivity contribution in [1.82, 2.24) is 14.8 Å². The van der Waals surface area contributed by atoms with Crippen LogP contribution >= 0.6 is 0 Å². The number of aryl methyl sites for hydroxylation is 1. The van der Waals surface area contributed by atoms with Gasteiger partial charge < -0.3 is 5.11 Å². The van der Waals surface area contributed by atoms with Crippen LogP contribution in [0.4, 0.5) is 4.39 Å². The van der Waals surface area contributed by atoms with E-state index < -0.39 is 6.10 Å². The van der Waals surface area contributed by atoms with Crippen molar-refractivity contribution in [2.24, 2.45) is 0 Å². The van der Waals surface area contributed by atoms with Crippen LogP contribution < -0.4 is 0 Å². The number of hydrogen-bond acceptors (Lipinski definition) is 3. The van der Waals surface area contributed by atoms with Crippen molar-refractivity contribution in [3.63, 3.8) is 0 Å². The van der Waals surface area contributed by atoms with Crippen molar-refractivity contribution in [3.05, 3.63) is 35.9 Å². The summed E-state index contributed by atoms with van der Waals surface area (Å²) in [5.74, 6) is 0.278. The van der Waals surface area contributed by atoms with E-state index in [2.05, 4.69) is 10.1 Å². The maximum atomic E-state index is 13.3. The lowest BCUT2D eigenvalue weighted by Crippen LogP contribution is -2.16. The molecule has 1 heterocycles. The first-order valence-electron chi connectivity index (χ1n) is 5.94. The van der Waals surface area contributed by atoms with Crippen molar-refractivity contribution >= 4 is 0 Å². The zero-order valence-electron chi connectivity index (χ0n) is 10.5. The van der Waals surface area contributed by atoms with Crippen LogP contribution in [0.15, 0.2) is 24.5 Å². The fraction of sp³-hybridized carbons (Fsp3) is 0.385. The third kappa shape index (κ3) is 2.56. The number of benzene rings is 1. The fourth-order valence-electron chi connectivity index (χ4n) is 1.77. The molecule has 96 valence electrons. The van der Waals surface area contributed by atoms with Crippen LogP contribution in [-0.4, -0.2) is 26.0 Å². The first kappa shape index (κ1) is 12.7. The highest BCUT2D eigenvalue weighted by Crippen LogP contribution is 2.22. The van der Waals surface area contributed by atoms with E-state index in [0.29, 0.717) is 24.4 Å². The molecule has 1 atom stereocenters. The Kier molecular flexibility index (Phi) is 3.72. The van der Waals surface area contributed by atoms with Gasteiger partial charge in [-0.05, 0) is 31.0 Å². The first-order chi connectivity index (χ1) is 8.61. The minimum Gasteiger partial charge on any atom is -0.391 e. The van der Waals surface area contributed by atoms with Crippen LogP contribution in [0.5, 0.6) is 0 Å². The van der Waals surface area contributed by atoms with E-state index in [9.17, 15) is 9.50 Å². The van der Waals surface area contributed by atoms with Gasteiger partial charge in [0.2, 0.25) is 0 Å². The molecule has 0 amide bonds. The molecular weight excluding hydrogens is 233 g/mol. The van der Waals surface area contributed by atoms with Crippen LogP contribution in [0.1, 0.15) is 18.9 Å². The Balaban J connectivity index is 2.39. The maximum Gasteiger partial charge on any atom is 0.158 e. The summed E-state index contributed by atoms with van der Waals surface area (Å²) in [5, 5.41) is 13.7. The van der Waals surface area contributed by atoms with Crippen molar-refractivity contribution in [1.29, 1.82) is 0 Å². The van der Waals surface area contributed by atoms with Gasteiger partial charge in [-0.1, -0.05) is 13.0 Å². The molecule has 2 rings (SSSR count). The number of rotatable bonds is 4. The summed E-state index contributed by atoms with van der Waals surface area (Å²) in [6.45, 7) is 4.15. The molecule has 0 aliphatic carbocycles. The minimum atomic E-state index is -0.473. The monoisotopic (exact) mass is 249 g/mol. The molecule has 18 heavy (non-hydrogen) atoms. The fourth-order valence-corrected chi connectivity index (χ4v) is 1.77. The van der Waals surface area contributed by atoms with Gasteiger partial charge >= 0.3 is 0 Å². The lowest BCUT2D eigenvalue weighted by atomic mass is 10.1. The Bertz CT molecular complexity index is 539. The van der Waals surface area contributed by atoms with Gasteiger partial charge in [0, 0.05) is 5.56 Å². The summed E-state index contributed by atoms with van der Waals surface area (Å²) in [6, 6.07) is 4.56. The number of hydrogen-bond donors (Lipinski definition) is 1. The summed E-state index contributed by atoms with van der Waals surface area (Å²) in [4.78, 5) is 4.15. The largest absolute Gasteiger partial charge is 0.391 e. The van der Waals surface area contributed by atoms with Crippen molar-refractivity contribution in [2.75, 3.05) is 0 Å². The Morgan fingerprint density at radius 1 is 1.44 bits per heavy atom. The first-order valence-corrected chi connectivity index (χ1v) is 5.94. The summed E-state index contributed by atoms with van der Waals surface area (Å²) in [6.07, 6.45) is 1.59. The molecule has 2 aromatic rings. The number of aliphatic hydroxyl groups is 1. The molecule has 0 bridgehead atoms. The topological polar surface area (TPSA) is 50.9 Å². The van der Waals surface area contributed by atoms with Gasteiger partial charge in [-0.2, -0.15) is 5.10 Å². The van der Waals surface area contributed by atoms with Crippen LogP contribution in [0.3, 0.4) is 0 Å². The second-order valence-corrected chi connectivity index (χ2v) is 4.29. The molecule has 0 saturated heterocycles. The SMILES string of the molecule is CCC(O)Cn1ncnc1-c1cc(F)ccc1C. The van der Waals surface area contributed by atoms with Crippen LogP contribution in [0.25, 0.3) is 11.4 Å². The second kappa shape index (κ2) is 5.27. The average Bonchev–Trinajstić information content (AvgIpc) is 2.80. The minimum absolute atomic E-state index is 0.304. The predicted octanol–water partition coefficient (Wildman–Crippen LogP) is 2.16. The third-order valence-electron chi connectivity index (χ3n) is 2.91. The van der Waals surface area contributed by atoms with Crippen LogP contribution in [0, 0.1) is 12.7 Å². The highest BCUT2D eigenvalue weighted by molar-refractivity contribution is 5.59. The zero-order chi connectivity index (χ0) is 13.1. The molecule has 1 aromatic heterocycles. The molecule has 1 N–H and O–H groups in total. The zero-order valence-corrected chi connectivity index (χ0v) is 10.5. The number of aliphatic hydroxyl groups excluding tert-OH is 1. The average molecular weight is 249 g/mol. The van der Waals surface area contributed by atoms with E-state index in [4.69, 9.17) is 0 Å². The number of halogens is 1. The van der Waals surface area contributed by atoms with E-state index in [1.807, 2.05) is 13.8 Å². The number of aromatic nitrogens is 3. The normalized spacial score (nSPS) is 12.7. The van der Waals surface area contributed by atoms with E-state index in [1.165, 1.54) is 18.5 Å². The molecular formula is C13H16FN3O. The summed E-state index contributed by atoms with van der Waals surface area (Å²) in [7, 11) is 0. The van der Waals surface area contributed by atoms with E-state index >= 15 is 0 Å². The van der Waals surface area contributed by atoms with Gasteiger partial charge in [0.15, 0.2) is 5.82 Å². The molecule has 5 heteroatoms. The molecule has 0 fully saturated rings. The van der Waals surface area contributed by atoms with Crippen LogP contribution in [-0.2, 0) is 6.54 Å². The predicted molar refractivity (Wildman–Crippen MR) is 66.5 cm³/mol. The quantitative estimate of drug-likeness (QED) is 0.903. The Morgan fingerprint density at radius 3 is 2.94 bits per heavy atom. The van der Waals surface area contributed by atoms with E-state index in [0.717, 1.165) is 5.56 Å². The summed E-state index contributed by atoms with van der Waals surface area (Å²) in [5.41, 5.74) is 1.63. The van der Waals surface area contributed by atoms with E-state index in [-0.39, 0.29) is 5.82 Å². The Hall–Kier alpha value is -1.75. The smallest absolute Gasteiger partial charge is 0.158 e.